The SMILES string of the molecule is Cc1ccc(-c2c(C)c(O)c(-c3ccccc3)c(=O)n2C(C)(C)C)cc1. The first-order valence-electron chi connectivity index (χ1n) is 8.83. The number of aromatic nitrogens is 1. The van der Waals surface area contributed by atoms with Crippen molar-refractivity contribution in [2.24, 2.45) is 0 Å². The van der Waals surface area contributed by atoms with E-state index in [1.165, 1.54) is 0 Å². The second-order valence-electron chi connectivity index (χ2n) is 7.74. The lowest BCUT2D eigenvalue weighted by Crippen LogP contribution is -2.36. The van der Waals surface area contributed by atoms with E-state index < -0.39 is 5.54 Å². The third-order valence-corrected chi connectivity index (χ3v) is 4.65. The average molecular weight is 347 g/mol. The molecule has 3 nitrogen and oxygen atoms in total. The number of benzene rings is 2. The predicted octanol–water partition coefficient (Wildman–Crippen LogP) is 5.26. The molecule has 2 aromatic carbocycles. The third kappa shape index (κ3) is 3.05. The summed E-state index contributed by atoms with van der Waals surface area (Å²) in [7, 11) is 0. The van der Waals surface area contributed by atoms with Crippen molar-refractivity contribution < 1.29 is 5.11 Å². The summed E-state index contributed by atoms with van der Waals surface area (Å²) in [5.41, 5.74) is 4.03. The molecule has 1 heterocycles. The summed E-state index contributed by atoms with van der Waals surface area (Å²) in [5, 5.41) is 10.9. The van der Waals surface area contributed by atoms with Crippen molar-refractivity contribution in [3.05, 3.63) is 76.1 Å². The second-order valence-corrected chi connectivity index (χ2v) is 7.74. The highest BCUT2D eigenvalue weighted by molar-refractivity contribution is 5.77. The Morgan fingerprint density at radius 3 is 1.96 bits per heavy atom. The van der Waals surface area contributed by atoms with Gasteiger partial charge < -0.3 is 9.67 Å². The minimum atomic E-state index is -0.431. The lowest BCUT2D eigenvalue weighted by molar-refractivity contribution is 0.384. The van der Waals surface area contributed by atoms with Crippen LogP contribution >= 0.6 is 0 Å². The molecule has 0 spiro atoms. The number of aromatic hydroxyl groups is 1. The number of aryl methyl sites for hydroxylation is 1. The highest BCUT2D eigenvalue weighted by Gasteiger charge is 2.27. The molecule has 0 aliphatic carbocycles. The summed E-state index contributed by atoms with van der Waals surface area (Å²) in [6, 6.07) is 17.4. The number of hydrogen-bond donors (Lipinski definition) is 1. The highest BCUT2D eigenvalue weighted by atomic mass is 16.3. The minimum Gasteiger partial charge on any atom is -0.507 e. The van der Waals surface area contributed by atoms with Crippen molar-refractivity contribution in [1.82, 2.24) is 4.57 Å². The van der Waals surface area contributed by atoms with Gasteiger partial charge in [0.2, 0.25) is 0 Å². The Hall–Kier alpha value is -2.81. The van der Waals surface area contributed by atoms with Gasteiger partial charge in [0.1, 0.15) is 5.75 Å². The van der Waals surface area contributed by atoms with Crippen molar-refractivity contribution in [1.29, 1.82) is 0 Å². The molecule has 26 heavy (non-hydrogen) atoms. The zero-order chi connectivity index (χ0) is 19.1. The fraction of sp³-hybridized carbons (Fsp3) is 0.261. The maximum absolute atomic E-state index is 13.5. The molecule has 1 aromatic heterocycles. The van der Waals surface area contributed by atoms with Gasteiger partial charge in [0, 0.05) is 11.1 Å². The highest BCUT2D eigenvalue weighted by Crippen LogP contribution is 2.37. The van der Waals surface area contributed by atoms with E-state index in [0.717, 1.165) is 22.4 Å². The van der Waals surface area contributed by atoms with Crippen LogP contribution in [0.1, 0.15) is 31.9 Å². The van der Waals surface area contributed by atoms with Crippen LogP contribution in [0.25, 0.3) is 22.4 Å². The fourth-order valence-corrected chi connectivity index (χ4v) is 3.34. The monoisotopic (exact) mass is 347 g/mol. The van der Waals surface area contributed by atoms with E-state index in [1.54, 1.807) is 4.57 Å². The first-order chi connectivity index (χ1) is 12.2. The Balaban J connectivity index is 2.44. The van der Waals surface area contributed by atoms with E-state index in [1.807, 2.05) is 89.2 Å². The zero-order valence-corrected chi connectivity index (χ0v) is 16.0. The van der Waals surface area contributed by atoms with Crippen LogP contribution in [0.5, 0.6) is 5.75 Å². The van der Waals surface area contributed by atoms with E-state index >= 15 is 0 Å². The Morgan fingerprint density at radius 2 is 1.42 bits per heavy atom. The maximum atomic E-state index is 13.5. The number of nitrogens with zero attached hydrogens (tertiary/aromatic N) is 1. The van der Waals surface area contributed by atoms with E-state index in [-0.39, 0.29) is 11.3 Å². The third-order valence-electron chi connectivity index (χ3n) is 4.65. The molecule has 3 aromatic rings. The lowest BCUT2D eigenvalue weighted by atomic mass is 9.95. The molecule has 0 aliphatic rings. The van der Waals surface area contributed by atoms with Crippen LogP contribution in [0, 0.1) is 13.8 Å². The van der Waals surface area contributed by atoms with Gasteiger partial charge in [0.25, 0.3) is 5.56 Å². The molecule has 3 rings (SSSR count). The first kappa shape index (κ1) is 18.0. The molecule has 0 bridgehead atoms. The molecule has 1 N–H and O–H groups in total. The van der Waals surface area contributed by atoms with Gasteiger partial charge in [-0.25, -0.2) is 0 Å². The van der Waals surface area contributed by atoms with Gasteiger partial charge >= 0.3 is 0 Å². The van der Waals surface area contributed by atoms with Gasteiger partial charge in [-0.3, -0.25) is 4.79 Å². The molecule has 0 aliphatic heterocycles. The van der Waals surface area contributed by atoms with Crippen molar-refractivity contribution in [3.63, 3.8) is 0 Å². The molecule has 0 radical (unpaired) electrons. The second kappa shape index (κ2) is 6.49. The normalized spacial score (nSPS) is 11.6. The van der Waals surface area contributed by atoms with Crippen LogP contribution in [0.15, 0.2) is 59.4 Å². The van der Waals surface area contributed by atoms with Crippen molar-refractivity contribution in [2.45, 2.75) is 40.2 Å². The largest absolute Gasteiger partial charge is 0.507 e. The standard InChI is InChI=1S/C23H25NO2/c1-15-11-13-18(14-12-15)20-16(2)21(25)19(17-9-7-6-8-10-17)22(26)24(20)23(3,4)5/h6-14,25H,1-5H3. The van der Waals surface area contributed by atoms with Gasteiger partial charge in [0.15, 0.2) is 0 Å². The van der Waals surface area contributed by atoms with Crippen LogP contribution in [0.4, 0.5) is 0 Å². The molecular formula is C23H25NO2. The molecule has 3 heteroatoms. The van der Waals surface area contributed by atoms with Gasteiger partial charge in [-0.2, -0.15) is 0 Å². The van der Waals surface area contributed by atoms with E-state index in [4.69, 9.17) is 0 Å². The molecule has 134 valence electrons. The summed E-state index contributed by atoms with van der Waals surface area (Å²) in [6.07, 6.45) is 0. The Kier molecular flexibility index (Phi) is 4.49. The summed E-state index contributed by atoms with van der Waals surface area (Å²) in [5.74, 6) is 0.0530. The lowest BCUT2D eigenvalue weighted by Gasteiger charge is -2.29. The summed E-state index contributed by atoms with van der Waals surface area (Å²) >= 11 is 0. The quantitative estimate of drug-likeness (QED) is 0.687. The van der Waals surface area contributed by atoms with Gasteiger partial charge in [-0.05, 0) is 45.7 Å². The maximum Gasteiger partial charge on any atom is 0.263 e. The van der Waals surface area contributed by atoms with Gasteiger partial charge in [-0.1, -0.05) is 60.2 Å². The molecular weight excluding hydrogens is 322 g/mol. The Morgan fingerprint density at radius 1 is 0.846 bits per heavy atom. The molecule has 0 saturated heterocycles. The van der Waals surface area contributed by atoms with Crippen LogP contribution < -0.4 is 5.56 Å². The Labute approximate surface area is 154 Å². The van der Waals surface area contributed by atoms with Crippen LogP contribution in [0.2, 0.25) is 0 Å². The number of pyridine rings is 1. The molecule has 0 saturated carbocycles. The van der Waals surface area contributed by atoms with Crippen molar-refractivity contribution >= 4 is 0 Å². The predicted molar refractivity (Wildman–Crippen MR) is 108 cm³/mol. The van der Waals surface area contributed by atoms with Crippen molar-refractivity contribution in [3.8, 4) is 28.1 Å². The molecule has 0 amide bonds. The summed E-state index contributed by atoms with van der Waals surface area (Å²) in [4.78, 5) is 13.5. The van der Waals surface area contributed by atoms with Crippen LogP contribution in [-0.2, 0) is 5.54 Å². The van der Waals surface area contributed by atoms with E-state index in [0.29, 0.717) is 11.1 Å². The minimum absolute atomic E-state index is 0.0530. The molecule has 0 fully saturated rings. The number of hydrogen-bond acceptors (Lipinski definition) is 2. The van der Waals surface area contributed by atoms with Crippen molar-refractivity contribution in [2.75, 3.05) is 0 Å². The van der Waals surface area contributed by atoms with Gasteiger partial charge in [-0.15, -0.1) is 0 Å². The van der Waals surface area contributed by atoms with E-state index in [2.05, 4.69) is 0 Å². The topological polar surface area (TPSA) is 42.2 Å². The Bertz CT molecular complexity index is 992. The van der Waals surface area contributed by atoms with Crippen LogP contribution in [0.3, 0.4) is 0 Å². The first-order valence-corrected chi connectivity index (χ1v) is 8.83. The molecule has 0 atom stereocenters. The zero-order valence-electron chi connectivity index (χ0n) is 16.0. The number of rotatable bonds is 2. The average Bonchev–Trinajstić information content (AvgIpc) is 2.59. The summed E-state index contributed by atoms with van der Waals surface area (Å²) < 4.78 is 1.80. The van der Waals surface area contributed by atoms with E-state index in [9.17, 15) is 9.90 Å². The summed E-state index contributed by atoms with van der Waals surface area (Å²) in [6.45, 7) is 9.94. The van der Waals surface area contributed by atoms with Gasteiger partial charge in [0.05, 0.1) is 11.3 Å². The van der Waals surface area contributed by atoms with Crippen LogP contribution in [-0.4, -0.2) is 9.67 Å². The smallest absolute Gasteiger partial charge is 0.263 e. The molecule has 0 unspecified atom stereocenters. The fourth-order valence-electron chi connectivity index (χ4n) is 3.34.